The number of aliphatic hydroxyl groups is 2. The molecule has 0 spiro atoms. The molecule has 2 unspecified atom stereocenters. The Hall–Kier alpha value is -2.44. The van der Waals surface area contributed by atoms with Gasteiger partial charge in [0.1, 0.15) is 6.61 Å². The third kappa shape index (κ3) is 35.4. The van der Waals surface area contributed by atoms with Gasteiger partial charge in [-0.25, -0.2) is 0 Å². The molecule has 0 amide bonds. The zero-order valence-corrected chi connectivity index (χ0v) is 32.4. The molecule has 6 nitrogen and oxygen atoms in total. The summed E-state index contributed by atoms with van der Waals surface area (Å²) in [5.41, 5.74) is 0. The Balaban J connectivity index is 3.74. The molecule has 0 aliphatic rings. The number of ether oxygens (including phenoxy) is 2. The van der Waals surface area contributed by atoms with E-state index in [9.17, 15) is 19.8 Å². The number of esters is 2. The van der Waals surface area contributed by atoms with Gasteiger partial charge in [-0.15, -0.1) is 0 Å². The lowest BCUT2D eigenvalue weighted by atomic mass is 9.99. The number of unbranched alkanes of at least 4 members (excludes halogenated alkanes) is 13. The third-order valence-corrected chi connectivity index (χ3v) is 8.97. The maximum atomic E-state index is 12.2. The molecule has 0 heterocycles. The molecule has 3 atom stereocenters. The van der Waals surface area contributed by atoms with Gasteiger partial charge >= 0.3 is 11.9 Å². The first-order valence-corrected chi connectivity index (χ1v) is 20.3. The van der Waals surface area contributed by atoms with Crippen molar-refractivity contribution in [2.75, 3.05) is 13.2 Å². The third-order valence-electron chi connectivity index (χ3n) is 8.97. The molecule has 0 aromatic rings. The number of carbonyl (C=O) groups excluding carboxylic acids is 2. The number of hydrogen-bond acceptors (Lipinski definition) is 6. The van der Waals surface area contributed by atoms with Crippen LogP contribution < -0.4 is 0 Å². The molecule has 0 bridgehead atoms. The first-order valence-electron chi connectivity index (χ1n) is 20.3. The molecule has 0 aliphatic heterocycles. The van der Waals surface area contributed by atoms with E-state index < -0.39 is 24.8 Å². The molecule has 2 N–H and O–H groups in total. The summed E-state index contributed by atoms with van der Waals surface area (Å²) in [5.74, 6) is 0.0968. The highest BCUT2D eigenvalue weighted by atomic mass is 16.6. The van der Waals surface area contributed by atoms with E-state index in [1.54, 1.807) is 6.08 Å². The summed E-state index contributed by atoms with van der Waals surface area (Å²) in [6, 6.07) is 0. The second kappa shape index (κ2) is 37.8. The van der Waals surface area contributed by atoms with Crippen LogP contribution in [-0.2, 0) is 19.1 Å². The normalized spacial score (nSPS) is 14.1. The van der Waals surface area contributed by atoms with Crippen molar-refractivity contribution in [1.29, 1.82) is 0 Å². The van der Waals surface area contributed by atoms with Gasteiger partial charge in [0.15, 0.2) is 6.10 Å². The Labute approximate surface area is 307 Å². The molecule has 6 heteroatoms. The van der Waals surface area contributed by atoms with Gasteiger partial charge in [-0.2, -0.15) is 0 Å². The predicted octanol–water partition coefficient (Wildman–Crippen LogP) is 11.6. The fourth-order valence-corrected chi connectivity index (χ4v) is 5.50. The van der Waals surface area contributed by atoms with Crippen molar-refractivity contribution >= 4 is 11.9 Å². The molecule has 0 rings (SSSR count). The Kier molecular flexibility index (Phi) is 36.0. The molecule has 0 aromatic heterocycles. The van der Waals surface area contributed by atoms with Crippen LogP contribution in [0.4, 0.5) is 0 Å². The first-order chi connectivity index (χ1) is 24.4. The van der Waals surface area contributed by atoms with Crippen LogP contribution >= 0.6 is 0 Å². The SMILES string of the molecule is CC/C=C\C/C=C\C/C=C\C/C=C\C=C\C(O)CCCC(=O)O[C@@H](CO)COC(=O)CCCCCCCCCCCCCCCCC(C)CC. The van der Waals surface area contributed by atoms with Crippen LogP contribution in [0, 0.1) is 5.92 Å². The summed E-state index contributed by atoms with van der Waals surface area (Å²) in [6.07, 6.45) is 44.5. The average molecular weight is 701 g/mol. The van der Waals surface area contributed by atoms with Crippen molar-refractivity contribution in [1.82, 2.24) is 0 Å². The molecule has 0 saturated carbocycles. The van der Waals surface area contributed by atoms with Crippen molar-refractivity contribution in [2.24, 2.45) is 5.92 Å². The minimum absolute atomic E-state index is 0.123. The molecule has 0 radical (unpaired) electrons. The lowest BCUT2D eigenvalue weighted by molar-refractivity contribution is -0.161. The lowest BCUT2D eigenvalue weighted by Gasteiger charge is -2.16. The minimum atomic E-state index is -0.867. The van der Waals surface area contributed by atoms with Gasteiger partial charge in [-0.1, -0.05) is 178 Å². The van der Waals surface area contributed by atoms with Crippen molar-refractivity contribution in [2.45, 2.75) is 187 Å². The summed E-state index contributed by atoms with van der Waals surface area (Å²) in [7, 11) is 0. The summed E-state index contributed by atoms with van der Waals surface area (Å²) in [5, 5.41) is 19.7. The maximum absolute atomic E-state index is 12.2. The smallest absolute Gasteiger partial charge is 0.306 e. The fourth-order valence-electron chi connectivity index (χ4n) is 5.50. The molecule has 288 valence electrons. The Morgan fingerprint density at radius 2 is 1.10 bits per heavy atom. The van der Waals surface area contributed by atoms with Gasteiger partial charge in [-0.05, 0) is 50.9 Å². The zero-order valence-electron chi connectivity index (χ0n) is 32.4. The van der Waals surface area contributed by atoms with Crippen LogP contribution in [0.25, 0.3) is 0 Å². The Morgan fingerprint density at radius 3 is 1.64 bits per heavy atom. The van der Waals surface area contributed by atoms with Gasteiger partial charge in [0.25, 0.3) is 0 Å². The molecule has 0 aromatic carbocycles. The summed E-state index contributed by atoms with van der Waals surface area (Å²) < 4.78 is 10.5. The van der Waals surface area contributed by atoms with Crippen molar-refractivity contribution in [3.8, 4) is 0 Å². The monoisotopic (exact) mass is 701 g/mol. The number of hydrogen-bond donors (Lipinski definition) is 2. The van der Waals surface area contributed by atoms with E-state index >= 15 is 0 Å². The highest BCUT2D eigenvalue weighted by Gasteiger charge is 2.16. The standard InChI is InChI=1S/C44H76O6/c1-4-6-7-8-9-10-11-14-18-21-24-27-30-34-41(46)35-32-37-44(48)50-42(38-45)39-49-43(47)36-31-28-25-22-19-16-13-12-15-17-20-23-26-29-33-40(3)5-2/h6-7,9-10,14,18,24,27,30,34,40-42,45-46H,4-5,8,11-13,15-17,19-23,25-26,28-29,31-33,35-39H2,1-3H3/b7-6-,10-9-,18-14-,27-24-,34-30+/t40?,41?,42-/m0/s1. The van der Waals surface area contributed by atoms with Gasteiger partial charge in [0, 0.05) is 12.8 Å². The molecule has 0 aliphatic carbocycles. The van der Waals surface area contributed by atoms with Crippen molar-refractivity contribution in [3.63, 3.8) is 0 Å². The quantitative estimate of drug-likeness (QED) is 0.0296. The predicted molar refractivity (Wildman–Crippen MR) is 211 cm³/mol. The Morgan fingerprint density at radius 1 is 0.600 bits per heavy atom. The van der Waals surface area contributed by atoms with Crippen LogP contribution in [0.2, 0.25) is 0 Å². The van der Waals surface area contributed by atoms with E-state index in [-0.39, 0.29) is 19.0 Å². The minimum Gasteiger partial charge on any atom is -0.462 e. The van der Waals surface area contributed by atoms with Gasteiger partial charge in [-0.3, -0.25) is 9.59 Å². The van der Waals surface area contributed by atoms with Crippen molar-refractivity contribution < 1.29 is 29.3 Å². The number of aliphatic hydroxyl groups excluding tert-OH is 2. The van der Waals surface area contributed by atoms with Crippen molar-refractivity contribution in [3.05, 3.63) is 60.8 Å². The number of allylic oxidation sites excluding steroid dienone is 9. The van der Waals surface area contributed by atoms with E-state index in [4.69, 9.17) is 9.47 Å². The number of carbonyl (C=O) groups is 2. The van der Waals surface area contributed by atoms with E-state index in [0.29, 0.717) is 19.3 Å². The van der Waals surface area contributed by atoms with E-state index in [0.717, 1.165) is 50.9 Å². The second-order valence-electron chi connectivity index (χ2n) is 13.8. The van der Waals surface area contributed by atoms with Crippen LogP contribution in [-0.4, -0.2) is 47.6 Å². The topological polar surface area (TPSA) is 93.1 Å². The maximum Gasteiger partial charge on any atom is 0.306 e. The van der Waals surface area contributed by atoms with E-state index in [1.807, 2.05) is 18.2 Å². The Bertz CT molecular complexity index is 917. The molecule has 50 heavy (non-hydrogen) atoms. The lowest BCUT2D eigenvalue weighted by Crippen LogP contribution is -2.28. The molecular formula is C44H76O6. The van der Waals surface area contributed by atoms with E-state index in [1.165, 1.54) is 83.5 Å². The van der Waals surface area contributed by atoms with Gasteiger partial charge in [0.2, 0.25) is 0 Å². The zero-order chi connectivity index (χ0) is 36.8. The molecular weight excluding hydrogens is 624 g/mol. The van der Waals surface area contributed by atoms with Gasteiger partial charge in [0.05, 0.1) is 12.7 Å². The summed E-state index contributed by atoms with van der Waals surface area (Å²) >= 11 is 0. The highest BCUT2D eigenvalue weighted by molar-refractivity contribution is 5.70. The van der Waals surface area contributed by atoms with Crippen LogP contribution in [0.1, 0.15) is 175 Å². The molecule has 0 fully saturated rings. The van der Waals surface area contributed by atoms with E-state index in [2.05, 4.69) is 57.2 Å². The highest BCUT2D eigenvalue weighted by Crippen LogP contribution is 2.16. The van der Waals surface area contributed by atoms with Crippen LogP contribution in [0.15, 0.2) is 60.8 Å². The first kappa shape index (κ1) is 47.6. The number of rotatable bonds is 35. The fraction of sp³-hybridized carbons (Fsp3) is 0.727. The molecule has 0 saturated heterocycles. The second-order valence-corrected chi connectivity index (χ2v) is 13.8. The van der Waals surface area contributed by atoms with Crippen LogP contribution in [0.5, 0.6) is 0 Å². The summed E-state index contributed by atoms with van der Waals surface area (Å²) in [4.78, 5) is 24.3. The van der Waals surface area contributed by atoms with Crippen LogP contribution in [0.3, 0.4) is 0 Å². The summed E-state index contributed by atoms with van der Waals surface area (Å²) in [6.45, 7) is 6.24. The largest absolute Gasteiger partial charge is 0.462 e. The average Bonchev–Trinajstić information content (AvgIpc) is 3.11. The van der Waals surface area contributed by atoms with Gasteiger partial charge < -0.3 is 19.7 Å².